The van der Waals surface area contributed by atoms with Gasteiger partial charge in [-0.3, -0.25) is 4.98 Å². The first-order valence-electron chi connectivity index (χ1n) is 14.3. The van der Waals surface area contributed by atoms with Crippen LogP contribution in [0.3, 0.4) is 0 Å². The first-order chi connectivity index (χ1) is 21.0. The summed E-state index contributed by atoms with van der Waals surface area (Å²) in [4.78, 5) is 14.0. The van der Waals surface area contributed by atoms with Crippen LogP contribution in [0.5, 0.6) is 0 Å². The Morgan fingerprint density at radius 2 is 1.34 bits per heavy atom. The van der Waals surface area contributed by atoms with Gasteiger partial charge in [0.1, 0.15) is 5.01 Å². The van der Waals surface area contributed by atoms with Gasteiger partial charge in [0.05, 0.1) is 8.07 Å². The van der Waals surface area contributed by atoms with E-state index in [9.17, 15) is 0 Å². The molecule has 3 aromatic heterocycles. The van der Waals surface area contributed by atoms with Gasteiger partial charge in [-0.2, -0.15) is 11.3 Å². The normalized spacial score (nSPS) is 10.9. The molecule has 7 aromatic rings. The molecule has 6 heteroatoms. The average Bonchev–Trinajstić information content (AvgIpc) is 3.50. The summed E-state index contributed by atoms with van der Waals surface area (Å²) in [5.41, 5.74) is 8.33. The van der Waals surface area contributed by atoms with Crippen molar-refractivity contribution in [2.24, 2.45) is 0 Å². The summed E-state index contributed by atoms with van der Waals surface area (Å²) in [5, 5.41) is 2.38. The van der Waals surface area contributed by atoms with Crippen LogP contribution in [-0.4, -0.2) is 23.0 Å². The Hall–Kier alpha value is -4.06. The van der Waals surface area contributed by atoms with Crippen molar-refractivity contribution in [2.75, 3.05) is 0 Å². The molecular weight excluding hydrogens is 751 g/mol. The van der Waals surface area contributed by atoms with Gasteiger partial charge in [0.25, 0.3) is 0 Å². The monoisotopic (exact) mass is 782 g/mol. The van der Waals surface area contributed by atoms with E-state index in [1.54, 1.807) is 17.5 Å². The summed E-state index contributed by atoms with van der Waals surface area (Å²) in [5.74, 6) is 0. The number of fused-ring (bicyclic) bond motifs is 1. The van der Waals surface area contributed by atoms with E-state index in [0.29, 0.717) is 0 Å². The molecule has 0 unspecified atom stereocenters. The Morgan fingerprint density at radius 3 is 1.95 bits per heavy atom. The van der Waals surface area contributed by atoms with Crippen LogP contribution in [0.2, 0.25) is 19.6 Å². The molecule has 0 saturated heterocycles. The number of hydrogen-bond donors (Lipinski definition) is 0. The maximum absolute atomic E-state index is 4.95. The number of rotatable bonds is 5. The maximum Gasteiger partial charge on any atom is 0.113 e. The molecule has 0 spiro atoms. The van der Waals surface area contributed by atoms with Crippen molar-refractivity contribution in [3.05, 3.63) is 146 Å². The van der Waals surface area contributed by atoms with Crippen LogP contribution in [0, 0.1) is 12.1 Å². The van der Waals surface area contributed by atoms with Crippen LogP contribution in [0.1, 0.15) is 0 Å². The average molecular weight is 782 g/mol. The molecule has 0 N–H and O–H groups in total. The summed E-state index contributed by atoms with van der Waals surface area (Å²) in [6, 6.07) is 47.8. The summed E-state index contributed by atoms with van der Waals surface area (Å²) >= 11 is 1.72. The van der Waals surface area contributed by atoms with Gasteiger partial charge in [-0.25, -0.2) is 0 Å². The molecule has 0 aliphatic heterocycles. The van der Waals surface area contributed by atoms with Gasteiger partial charge in [-0.05, 0) is 38.4 Å². The number of aromatic nitrogens is 3. The van der Waals surface area contributed by atoms with Crippen molar-refractivity contribution in [1.29, 1.82) is 0 Å². The minimum absolute atomic E-state index is 0. The third-order valence-corrected chi connectivity index (χ3v) is 10.2. The van der Waals surface area contributed by atoms with Gasteiger partial charge < -0.3 is 9.97 Å². The van der Waals surface area contributed by atoms with E-state index in [4.69, 9.17) is 9.97 Å². The fourth-order valence-corrected chi connectivity index (χ4v) is 6.81. The van der Waals surface area contributed by atoms with Gasteiger partial charge in [0.2, 0.25) is 0 Å². The predicted octanol–water partition coefficient (Wildman–Crippen LogP) is 9.58. The molecule has 0 bridgehead atoms. The smallest absolute Gasteiger partial charge is 0.113 e. The molecule has 0 amide bonds. The van der Waals surface area contributed by atoms with Crippen molar-refractivity contribution < 1.29 is 20.1 Å². The number of pyridine rings is 2. The van der Waals surface area contributed by atoms with E-state index in [1.807, 2.05) is 54.7 Å². The van der Waals surface area contributed by atoms with Crippen molar-refractivity contribution >= 4 is 34.8 Å². The molecular formula is C38H31IrN3SSi-2. The maximum atomic E-state index is 4.95. The summed E-state index contributed by atoms with van der Waals surface area (Å²) in [6.45, 7) is 7.03. The molecule has 0 saturated carbocycles. The second-order valence-electron chi connectivity index (χ2n) is 11.2. The molecule has 0 aliphatic carbocycles. The second-order valence-corrected chi connectivity index (χ2v) is 17.3. The number of hydrogen-bond acceptors (Lipinski definition) is 4. The summed E-state index contributed by atoms with van der Waals surface area (Å²) < 4.78 is 1.16. The second kappa shape index (κ2) is 14.1. The molecule has 219 valence electrons. The number of benzene rings is 4. The van der Waals surface area contributed by atoms with E-state index >= 15 is 0 Å². The molecule has 44 heavy (non-hydrogen) atoms. The van der Waals surface area contributed by atoms with Crippen molar-refractivity contribution in [3.8, 4) is 44.2 Å². The van der Waals surface area contributed by atoms with Gasteiger partial charge in [0, 0.05) is 38.1 Å². The quantitative estimate of drug-likeness (QED) is 0.129. The van der Waals surface area contributed by atoms with Crippen LogP contribution in [0.4, 0.5) is 0 Å². The first kappa shape index (κ1) is 31.4. The van der Waals surface area contributed by atoms with Gasteiger partial charge in [-0.15, -0.1) is 53.6 Å². The Labute approximate surface area is 278 Å². The minimum atomic E-state index is -1.38. The Kier molecular flexibility index (Phi) is 10.1. The van der Waals surface area contributed by atoms with Crippen LogP contribution in [0.15, 0.2) is 134 Å². The van der Waals surface area contributed by atoms with E-state index in [1.165, 1.54) is 16.3 Å². The van der Waals surface area contributed by atoms with Crippen LogP contribution < -0.4 is 5.19 Å². The molecule has 4 aromatic carbocycles. The van der Waals surface area contributed by atoms with Crippen molar-refractivity contribution in [1.82, 2.24) is 15.0 Å². The van der Waals surface area contributed by atoms with E-state index < -0.39 is 8.07 Å². The first-order valence-corrected chi connectivity index (χ1v) is 18.6. The Bertz CT molecular complexity index is 1880. The van der Waals surface area contributed by atoms with E-state index in [-0.39, 0.29) is 20.1 Å². The molecule has 0 atom stereocenters. The number of thiazole rings is 1. The summed E-state index contributed by atoms with van der Waals surface area (Å²) in [6.07, 6.45) is 3.83. The standard InChI is InChI=1S/C27H23N2SSi.C11H8N.Ir/c1-31(2,3)22-14-15-24(28-18-22)21-16-23(19-10-6-4-7-11-19)26-25(17-21)29-27(30-26)20-12-8-5-9-13-20;1-2-6-10(7-3-1)11-8-4-5-9-12-11;/h4-16,18H,1-3H3;1-6,8-9H;/q2*-1;. The zero-order chi connectivity index (χ0) is 29.6. The van der Waals surface area contributed by atoms with Gasteiger partial charge in [-0.1, -0.05) is 110 Å². The fraction of sp³-hybridized carbons (Fsp3) is 0.0789. The molecule has 0 aliphatic rings. The predicted molar refractivity (Wildman–Crippen MR) is 184 cm³/mol. The fourth-order valence-electron chi connectivity index (χ4n) is 4.71. The van der Waals surface area contributed by atoms with Crippen LogP contribution in [-0.2, 0) is 20.1 Å². The molecule has 7 rings (SSSR count). The molecule has 3 nitrogen and oxygen atoms in total. The summed E-state index contributed by atoms with van der Waals surface area (Å²) in [7, 11) is -1.38. The van der Waals surface area contributed by atoms with Gasteiger partial charge >= 0.3 is 0 Å². The van der Waals surface area contributed by atoms with Crippen LogP contribution >= 0.6 is 11.3 Å². The Balaban J connectivity index is 0.000000248. The van der Waals surface area contributed by atoms with Crippen LogP contribution in [0.25, 0.3) is 54.4 Å². The zero-order valence-corrected chi connectivity index (χ0v) is 29.0. The molecule has 3 heterocycles. The Morgan fingerprint density at radius 1 is 0.659 bits per heavy atom. The zero-order valence-electron chi connectivity index (χ0n) is 24.8. The van der Waals surface area contributed by atoms with Crippen molar-refractivity contribution in [2.45, 2.75) is 19.6 Å². The van der Waals surface area contributed by atoms with Gasteiger partial charge in [0.15, 0.2) is 0 Å². The minimum Gasteiger partial charge on any atom is -0.305 e. The molecule has 0 fully saturated rings. The van der Waals surface area contributed by atoms with E-state index in [2.05, 4.69) is 110 Å². The largest absolute Gasteiger partial charge is 0.305 e. The van der Waals surface area contributed by atoms with Crippen molar-refractivity contribution in [3.63, 3.8) is 0 Å². The third kappa shape index (κ3) is 7.35. The van der Waals surface area contributed by atoms with E-state index in [0.717, 1.165) is 43.3 Å². The number of nitrogens with zero attached hydrogens (tertiary/aromatic N) is 3. The topological polar surface area (TPSA) is 38.7 Å². The molecule has 1 radical (unpaired) electrons. The third-order valence-electron chi connectivity index (χ3n) is 7.07. The SMILES string of the molecule is C[Si](C)(C)c1ccc(-c2[c-]c3nc(-c4ccccc4)sc3c(-c3ccccc3)c2)nc1.[Ir].[c-]1ccccc1-c1ccccn1.